The summed E-state index contributed by atoms with van der Waals surface area (Å²) in [5.41, 5.74) is 0.597. The molecule has 0 aliphatic carbocycles. The number of para-hydroxylation sites is 1. The second kappa shape index (κ2) is 7.76. The molecule has 0 fully saturated rings. The molecular weight excluding hydrogens is 360 g/mol. The predicted molar refractivity (Wildman–Crippen MR) is 104 cm³/mol. The van der Waals surface area contributed by atoms with Crippen LogP contribution in [0, 0.1) is 0 Å². The van der Waals surface area contributed by atoms with Crippen molar-refractivity contribution in [2.45, 2.75) is 26.4 Å². The predicted octanol–water partition coefficient (Wildman–Crippen LogP) is 4.03. The van der Waals surface area contributed by atoms with Gasteiger partial charge in [-0.1, -0.05) is 18.2 Å². The van der Waals surface area contributed by atoms with Crippen molar-refractivity contribution in [2.75, 3.05) is 13.7 Å². The molecule has 0 saturated carbocycles. The highest BCUT2D eigenvalue weighted by molar-refractivity contribution is 6.14. The quantitative estimate of drug-likeness (QED) is 0.574. The van der Waals surface area contributed by atoms with Gasteiger partial charge in [-0.15, -0.1) is 0 Å². The lowest BCUT2D eigenvalue weighted by molar-refractivity contribution is -0.157. The molecule has 1 aliphatic rings. The van der Waals surface area contributed by atoms with Crippen LogP contribution >= 0.6 is 0 Å². The van der Waals surface area contributed by atoms with Gasteiger partial charge in [-0.05, 0) is 45.0 Å². The second-order valence-electron chi connectivity index (χ2n) is 7.21. The highest BCUT2D eigenvalue weighted by Crippen LogP contribution is 2.35. The van der Waals surface area contributed by atoms with Crippen LogP contribution in [0.1, 0.15) is 36.7 Å². The fourth-order valence-electron chi connectivity index (χ4n) is 2.70. The molecule has 3 rings (SSSR count). The number of fused-ring (bicyclic) bond motifs is 1. The fraction of sp³-hybridized carbons (Fsp3) is 0.273. The van der Waals surface area contributed by atoms with Gasteiger partial charge in [0, 0.05) is 11.6 Å². The van der Waals surface area contributed by atoms with E-state index in [1.807, 2.05) is 24.3 Å². The van der Waals surface area contributed by atoms with Crippen LogP contribution in [0.3, 0.4) is 0 Å². The lowest BCUT2D eigenvalue weighted by Crippen LogP contribution is -2.27. The standard InChI is InChI=1S/C22H22O6/c1-22(2,3)28-20(23)13-26-15-9-10-16-18(12-15)27-19(21(16)24)11-14-7-5-6-8-17(14)25-4/h5-12H,13H2,1-4H3/b19-11-. The van der Waals surface area contributed by atoms with E-state index in [1.165, 1.54) is 0 Å². The minimum Gasteiger partial charge on any atom is -0.496 e. The van der Waals surface area contributed by atoms with Crippen molar-refractivity contribution in [3.63, 3.8) is 0 Å². The number of rotatable bonds is 5. The Kier molecular flexibility index (Phi) is 5.40. The van der Waals surface area contributed by atoms with Gasteiger partial charge < -0.3 is 18.9 Å². The van der Waals surface area contributed by atoms with Crippen molar-refractivity contribution in [1.82, 2.24) is 0 Å². The van der Waals surface area contributed by atoms with Crippen molar-refractivity contribution in [2.24, 2.45) is 0 Å². The first kappa shape index (κ1) is 19.5. The molecule has 0 spiro atoms. The van der Waals surface area contributed by atoms with E-state index >= 15 is 0 Å². The molecule has 2 aromatic carbocycles. The van der Waals surface area contributed by atoms with E-state index in [9.17, 15) is 9.59 Å². The van der Waals surface area contributed by atoms with Crippen molar-refractivity contribution < 1.29 is 28.5 Å². The summed E-state index contributed by atoms with van der Waals surface area (Å²) in [5.74, 6) is 0.942. The third-order valence-electron chi connectivity index (χ3n) is 3.84. The van der Waals surface area contributed by atoms with Gasteiger partial charge in [0.15, 0.2) is 12.4 Å². The zero-order chi connectivity index (χ0) is 20.3. The number of hydrogen-bond acceptors (Lipinski definition) is 6. The van der Waals surface area contributed by atoms with E-state index < -0.39 is 11.6 Å². The monoisotopic (exact) mass is 382 g/mol. The Bertz CT molecular complexity index is 936. The van der Waals surface area contributed by atoms with E-state index in [0.29, 0.717) is 22.8 Å². The number of ether oxygens (including phenoxy) is 4. The van der Waals surface area contributed by atoms with Crippen LogP contribution in [0.4, 0.5) is 0 Å². The Morgan fingerprint density at radius 2 is 1.89 bits per heavy atom. The average Bonchev–Trinajstić information content (AvgIpc) is 2.94. The first-order valence-electron chi connectivity index (χ1n) is 8.83. The van der Waals surface area contributed by atoms with Crippen molar-refractivity contribution in [1.29, 1.82) is 0 Å². The zero-order valence-electron chi connectivity index (χ0n) is 16.3. The van der Waals surface area contributed by atoms with E-state index in [0.717, 1.165) is 5.56 Å². The van der Waals surface area contributed by atoms with Crippen LogP contribution < -0.4 is 14.2 Å². The molecular formula is C22H22O6. The topological polar surface area (TPSA) is 71.1 Å². The van der Waals surface area contributed by atoms with Gasteiger partial charge in [-0.3, -0.25) is 4.79 Å². The lowest BCUT2D eigenvalue weighted by Gasteiger charge is -2.19. The Hall–Kier alpha value is -3.28. The first-order chi connectivity index (χ1) is 13.3. The molecule has 146 valence electrons. The molecule has 1 heterocycles. The van der Waals surface area contributed by atoms with Crippen LogP contribution in [-0.4, -0.2) is 31.1 Å². The fourth-order valence-corrected chi connectivity index (χ4v) is 2.70. The molecule has 0 amide bonds. The summed E-state index contributed by atoms with van der Waals surface area (Å²) < 4.78 is 21.7. The van der Waals surface area contributed by atoms with Gasteiger partial charge in [0.1, 0.15) is 22.8 Å². The molecule has 6 heteroatoms. The Labute approximate surface area is 163 Å². The SMILES string of the molecule is COc1ccccc1/C=C1\Oc2cc(OCC(=O)OC(C)(C)C)ccc2C1=O. The second-order valence-corrected chi connectivity index (χ2v) is 7.21. The van der Waals surface area contributed by atoms with Crippen LogP contribution in [0.25, 0.3) is 6.08 Å². The summed E-state index contributed by atoms with van der Waals surface area (Å²) in [4.78, 5) is 24.4. The number of methoxy groups -OCH3 is 1. The summed E-state index contributed by atoms with van der Waals surface area (Å²) in [6.45, 7) is 5.13. The molecule has 0 bridgehead atoms. The molecule has 6 nitrogen and oxygen atoms in total. The minimum atomic E-state index is -0.577. The number of hydrogen-bond donors (Lipinski definition) is 0. The first-order valence-corrected chi connectivity index (χ1v) is 8.83. The van der Waals surface area contributed by atoms with Crippen molar-refractivity contribution in [3.8, 4) is 17.2 Å². The van der Waals surface area contributed by atoms with Crippen molar-refractivity contribution in [3.05, 3.63) is 59.4 Å². The molecule has 0 unspecified atom stereocenters. The molecule has 28 heavy (non-hydrogen) atoms. The molecule has 0 N–H and O–H groups in total. The van der Waals surface area contributed by atoms with Crippen LogP contribution in [-0.2, 0) is 9.53 Å². The Balaban J connectivity index is 1.74. The zero-order valence-corrected chi connectivity index (χ0v) is 16.3. The third kappa shape index (κ3) is 4.52. The van der Waals surface area contributed by atoms with E-state index in [4.69, 9.17) is 18.9 Å². The summed E-state index contributed by atoms with van der Waals surface area (Å²) in [6.07, 6.45) is 1.64. The number of carbonyl (C=O) groups is 2. The number of Topliss-reactive ketones (excluding diaryl/α,β-unsaturated/α-hetero) is 1. The van der Waals surface area contributed by atoms with Gasteiger partial charge >= 0.3 is 5.97 Å². The van der Waals surface area contributed by atoms with E-state index in [2.05, 4.69) is 0 Å². The summed E-state index contributed by atoms with van der Waals surface area (Å²) in [5, 5.41) is 0. The van der Waals surface area contributed by atoms with E-state index in [-0.39, 0.29) is 18.1 Å². The number of allylic oxidation sites excluding steroid dienone is 1. The third-order valence-corrected chi connectivity index (χ3v) is 3.84. The molecule has 0 saturated heterocycles. The highest BCUT2D eigenvalue weighted by atomic mass is 16.6. The van der Waals surface area contributed by atoms with Gasteiger partial charge in [-0.2, -0.15) is 0 Å². The smallest absolute Gasteiger partial charge is 0.344 e. The summed E-state index contributed by atoms with van der Waals surface area (Å²) >= 11 is 0. The average molecular weight is 382 g/mol. The van der Waals surface area contributed by atoms with Gasteiger partial charge in [-0.25, -0.2) is 4.79 Å². The number of benzene rings is 2. The minimum absolute atomic E-state index is 0.198. The molecule has 2 aromatic rings. The highest BCUT2D eigenvalue weighted by Gasteiger charge is 2.28. The molecule has 0 atom stereocenters. The number of ketones is 1. The molecule has 1 aliphatic heterocycles. The lowest BCUT2D eigenvalue weighted by atomic mass is 10.1. The Morgan fingerprint density at radius 3 is 2.61 bits per heavy atom. The van der Waals surface area contributed by atoms with Gasteiger partial charge in [0.25, 0.3) is 0 Å². The van der Waals surface area contributed by atoms with Gasteiger partial charge in [0.2, 0.25) is 5.78 Å². The van der Waals surface area contributed by atoms with Crippen LogP contribution in [0.2, 0.25) is 0 Å². The maximum Gasteiger partial charge on any atom is 0.344 e. The van der Waals surface area contributed by atoms with E-state index in [1.54, 1.807) is 52.2 Å². The maximum absolute atomic E-state index is 12.6. The number of carbonyl (C=O) groups excluding carboxylic acids is 2. The van der Waals surface area contributed by atoms with Gasteiger partial charge in [0.05, 0.1) is 12.7 Å². The summed E-state index contributed by atoms with van der Waals surface area (Å²) in [6, 6.07) is 12.2. The van der Waals surface area contributed by atoms with Crippen LogP contribution in [0.5, 0.6) is 17.2 Å². The van der Waals surface area contributed by atoms with Crippen LogP contribution in [0.15, 0.2) is 48.2 Å². The normalized spacial score (nSPS) is 14.4. The number of esters is 1. The molecule has 0 aromatic heterocycles. The Morgan fingerprint density at radius 1 is 1.14 bits per heavy atom. The molecule has 0 radical (unpaired) electrons. The largest absolute Gasteiger partial charge is 0.496 e. The summed E-state index contributed by atoms with van der Waals surface area (Å²) in [7, 11) is 1.57. The van der Waals surface area contributed by atoms with Crippen molar-refractivity contribution >= 4 is 17.8 Å². The maximum atomic E-state index is 12.6.